The van der Waals surface area contributed by atoms with E-state index in [9.17, 15) is 0 Å². The molecule has 0 amide bonds. The van der Waals surface area contributed by atoms with E-state index in [0.717, 1.165) is 0 Å². The van der Waals surface area contributed by atoms with Crippen molar-refractivity contribution in [2.45, 2.75) is 0 Å². The number of thiophene rings is 1. The highest BCUT2D eigenvalue weighted by Gasteiger charge is 2.04. The van der Waals surface area contributed by atoms with Crippen molar-refractivity contribution in [1.29, 1.82) is 0 Å². The minimum Gasteiger partial charge on any atom is -0.120 e. The van der Waals surface area contributed by atoms with Gasteiger partial charge in [0, 0.05) is 10.8 Å². The summed E-state index contributed by atoms with van der Waals surface area (Å²) in [6.07, 6.45) is 0. The zero-order chi connectivity index (χ0) is 7.84. The second kappa shape index (κ2) is 2.88. The molecule has 0 atom stereocenters. The van der Waals surface area contributed by atoms with Crippen molar-refractivity contribution in [3.8, 4) is 0 Å². The van der Waals surface area contributed by atoms with Crippen LogP contribution in [0.15, 0.2) is 31.8 Å². The summed E-state index contributed by atoms with van der Waals surface area (Å²) in [4.78, 5) is 0. The number of hydrogen-bond donors (Lipinski definition) is 0. The van der Waals surface area contributed by atoms with E-state index in [-0.39, 0.29) is 0 Å². The van der Waals surface area contributed by atoms with E-state index in [1.807, 2.05) is 12.1 Å². The largest absolute Gasteiger partial charge is 0.120 e. The second-order valence-corrected chi connectivity index (χ2v) is 5.85. The van der Waals surface area contributed by atoms with E-state index in [2.05, 4.69) is 44.0 Å². The maximum atomic E-state index is 3.51. The fourth-order valence-corrected chi connectivity index (χ4v) is 4.06. The Morgan fingerprint density at radius 1 is 0.909 bits per heavy atom. The van der Waals surface area contributed by atoms with Crippen LogP contribution in [-0.2, 0) is 0 Å². The van der Waals surface area contributed by atoms with Crippen molar-refractivity contribution in [3.05, 3.63) is 31.8 Å². The maximum Gasteiger partial charge on any atom is 0.0789 e. The quantitative estimate of drug-likeness (QED) is 0.674. The van der Waals surface area contributed by atoms with E-state index in [0.29, 0.717) is 0 Å². The summed E-state index contributed by atoms with van der Waals surface area (Å²) >= 11 is 8.73. The normalized spacial score (nSPS) is 10.7. The summed E-state index contributed by atoms with van der Waals surface area (Å²) in [6.45, 7) is 0. The van der Waals surface area contributed by atoms with Crippen LogP contribution in [0, 0.1) is 0 Å². The van der Waals surface area contributed by atoms with Gasteiger partial charge in [-0.05, 0) is 31.9 Å². The summed E-state index contributed by atoms with van der Waals surface area (Å²) in [7, 11) is 0. The molecule has 2 aromatic rings. The van der Waals surface area contributed by atoms with Crippen LogP contribution in [0.25, 0.3) is 10.8 Å². The van der Waals surface area contributed by atoms with Crippen molar-refractivity contribution in [3.63, 3.8) is 0 Å². The van der Waals surface area contributed by atoms with Crippen molar-refractivity contribution < 1.29 is 0 Å². The summed E-state index contributed by atoms with van der Waals surface area (Å²) in [5, 5.41) is 2.56. The molecule has 0 aliphatic carbocycles. The average Bonchev–Trinajstić information content (AvgIpc) is 2.30. The predicted molar refractivity (Wildman–Crippen MR) is 57.2 cm³/mol. The maximum absolute atomic E-state index is 3.51. The summed E-state index contributed by atoms with van der Waals surface area (Å²) < 4.78 is 2.39. The molecule has 0 N–H and O–H groups in total. The molecule has 0 saturated carbocycles. The van der Waals surface area contributed by atoms with Gasteiger partial charge in [-0.15, -0.1) is 11.3 Å². The van der Waals surface area contributed by atoms with Gasteiger partial charge in [-0.2, -0.15) is 0 Å². The van der Waals surface area contributed by atoms with Gasteiger partial charge in [0.25, 0.3) is 0 Å². The first-order valence-electron chi connectivity index (χ1n) is 3.11. The van der Waals surface area contributed by atoms with Crippen LogP contribution in [0.2, 0.25) is 0 Å². The smallest absolute Gasteiger partial charge is 0.0789 e. The van der Waals surface area contributed by atoms with E-state index in [1.165, 1.54) is 18.3 Å². The van der Waals surface area contributed by atoms with E-state index < -0.39 is 0 Å². The van der Waals surface area contributed by atoms with Gasteiger partial charge in [0.15, 0.2) is 0 Å². The van der Waals surface area contributed by atoms with Crippen molar-refractivity contribution in [1.82, 2.24) is 0 Å². The van der Waals surface area contributed by atoms with Crippen molar-refractivity contribution >= 4 is 54.0 Å². The first kappa shape index (κ1) is 7.77. The molecule has 56 valence electrons. The molecule has 1 heterocycles. The molecule has 0 spiro atoms. The van der Waals surface area contributed by atoms with Gasteiger partial charge in [0.1, 0.15) is 0 Å². The number of hydrogen-bond acceptors (Lipinski definition) is 1. The van der Waals surface area contributed by atoms with Gasteiger partial charge in [-0.3, -0.25) is 0 Å². The average molecular weight is 292 g/mol. The highest BCUT2D eigenvalue weighted by atomic mass is 79.9. The number of halogens is 2. The van der Waals surface area contributed by atoms with Crippen LogP contribution >= 0.6 is 43.2 Å². The SMILES string of the molecule is Brc1sc(Br)c2ccccc12. The number of rotatable bonds is 0. The molecule has 0 aliphatic heterocycles. The number of fused-ring (bicyclic) bond motifs is 1. The summed E-state index contributed by atoms with van der Waals surface area (Å²) in [6, 6.07) is 8.32. The first-order valence-corrected chi connectivity index (χ1v) is 5.52. The molecule has 0 unspecified atom stereocenters. The molecule has 2 rings (SSSR count). The van der Waals surface area contributed by atoms with Crippen LogP contribution < -0.4 is 0 Å². The van der Waals surface area contributed by atoms with Gasteiger partial charge in [-0.25, -0.2) is 0 Å². The Balaban J connectivity index is 2.95. The minimum atomic E-state index is 1.19. The predicted octanol–water partition coefficient (Wildman–Crippen LogP) is 4.43. The van der Waals surface area contributed by atoms with Crippen LogP contribution in [0.1, 0.15) is 0 Å². The fourth-order valence-electron chi connectivity index (χ4n) is 1.01. The Kier molecular flexibility index (Phi) is 2.04. The summed E-state index contributed by atoms with van der Waals surface area (Å²) in [5.41, 5.74) is 0. The molecule has 0 bridgehead atoms. The van der Waals surface area contributed by atoms with Crippen LogP contribution in [0.5, 0.6) is 0 Å². The zero-order valence-corrected chi connectivity index (χ0v) is 9.46. The first-order chi connectivity index (χ1) is 5.29. The minimum absolute atomic E-state index is 1.19. The van der Waals surface area contributed by atoms with Gasteiger partial charge in [-0.1, -0.05) is 24.3 Å². The summed E-state index contributed by atoms with van der Waals surface area (Å²) in [5.74, 6) is 0. The monoisotopic (exact) mass is 290 g/mol. The third-order valence-electron chi connectivity index (χ3n) is 1.53. The highest BCUT2D eigenvalue weighted by molar-refractivity contribution is 9.12. The Morgan fingerprint density at radius 3 is 1.82 bits per heavy atom. The van der Waals surface area contributed by atoms with E-state index >= 15 is 0 Å². The molecule has 0 aliphatic rings. The highest BCUT2D eigenvalue weighted by Crippen LogP contribution is 2.38. The van der Waals surface area contributed by atoms with Crippen LogP contribution in [0.4, 0.5) is 0 Å². The topological polar surface area (TPSA) is 0 Å². The second-order valence-electron chi connectivity index (χ2n) is 2.20. The standard InChI is InChI=1S/C8H4Br2S/c9-7-5-3-1-2-4-6(5)8(10)11-7/h1-4H. The number of benzene rings is 1. The Hall–Kier alpha value is 0.140. The molecule has 1 aromatic carbocycles. The van der Waals surface area contributed by atoms with E-state index in [4.69, 9.17) is 0 Å². The van der Waals surface area contributed by atoms with Gasteiger partial charge in [0.05, 0.1) is 7.57 Å². The zero-order valence-electron chi connectivity index (χ0n) is 5.47. The Morgan fingerprint density at radius 2 is 1.36 bits per heavy atom. The third-order valence-corrected chi connectivity index (χ3v) is 4.15. The fraction of sp³-hybridized carbons (Fsp3) is 0. The lowest BCUT2D eigenvalue weighted by Gasteiger charge is -1.87. The Labute approximate surface area is 85.5 Å². The molecule has 1 aromatic heterocycles. The molecule has 0 fully saturated rings. The van der Waals surface area contributed by atoms with Crippen LogP contribution in [-0.4, -0.2) is 0 Å². The lowest BCUT2D eigenvalue weighted by atomic mass is 10.2. The van der Waals surface area contributed by atoms with Gasteiger partial charge >= 0.3 is 0 Å². The van der Waals surface area contributed by atoms with Crippen molar-refractivity contribution in [2.75, 3.05) is 0 Å². The lowest BCUT2D eigenvalue weighted by Crippen LogP contribution is -1.61. The lowest BCUT2D eigenvalue weighted by molar-refractivity contribution is 1.83. The van der Waals surface area contributed by atoms with Gasteiger partial charge in [0.2, 0.25) is 0 Å². The molecule has 3 heteroatoms. The Bertz CT molecular complexity index is 356. The van der Waals surface area contributed by atoms with E-state index in [1.54, 1.807) is 11.3 Å². The van der Waals surface area contributed by atoms with Gasteiger partial charge < -0.3 is 0 Å². The molecule has 11 heavy (non-hydrogen) atoms. The molecule has 0 saturated heterocycles. The molecule has 0 radical (unpaired) electrons. The molecule has 0 nitrogen and oxygen atoms in total. The van der Waals surface area contributed by atoms with Crippen LogP contribution in [0.3, 0.4) is 0 Å². The van der Waals surface area contributed by atoms with Crippen molar-refractivity contribution in [2.24, 2.45) is 0 Å². The molecular formula is C8H4Br2S. The molecular weight excluding hydrogens is 288 g/mol. The third kappa shape index (κ3) is 1.25.